The SMILES string of the molecule is CC(NC(=O)NCc1cccc(NC(=O)c2ccco2)c1)c1cccc(Cl)c1. The van der Waals surface area contributed by atoms with Crippen LogP contribution in [-0.2, 0) is 6.54 Å². The van der Waals surface area contributed by atoms with Gasteiger partial charge >= 0.3 is 6.03 Å². The molecule has 3 N–H and O–H groups in total. The lowest BCUT2D eigenvalue weighted by atomic mass is 10.1. The van der Waals surface area contributed by atoms with Gasteiger partial charge in [-0.25, -0.2) is 4.79 Å². The predicted octanol–water partition coefficient (Wildman–Crippen LogP) is 4.75. The summed E-state index contributed by atoms with van der Waals surface area (Å²) in [6, 6.07) is 17.4. The van der Waals surface area contributed by atoms with Crippen LogP contribution in [0.4, 0.5) is 10.5 Å². The van der Waals surface area contributed by atoms with Crippen molar-refractivity contribution < 1.29 is 14.0 Å². The first-order valence-corrected chi connectivity index (χ1v) is 9.12. The Balaban J connectivity index is 1.52. The van der Waals surface area contributed by atoms with Crippen LogP contribution in [0.2, 0.25) is 5.02 Å². The fraction of sp³-hybridized carbons (Fsp3) is 0.143. The van der Waals surface area contributed by atoms with Crippen molar-refractivity contribution in [2.45, 2.75) is 19.5 Å². The van der Waals surface area contributed by atoms with E-state index in [-0.39, 0.29) is 23.7 Å². The number of carbonyl (C=O) groups is 2. The summed E-state index contributed by atoms with van der Waals surface area (Å²) >= 11 is 5.99. The molecule has 0 radical (unpaired) electrons. The number of benzene rings is 2. The van der Waals surface area contributed by atoms with Gasteiger partial charge in [0.1, 0.15) is 0 Å². The van der Waals surface area contributed by atoms with Crippen molar-refractivity contribution in [3.05, 3.63) is 88.8 Å². The number of halogens is 1. The van der Waals surface area contributed by atoms with E-state index in [1.165, 1.54) is 6.26 Å². The number of rotatable bonds is 6. The molecule has 1 unspecified atom stereocenters. The van der Waals surface area contributed by atoms with Crippen molar-refractivity contribution in [2.24, 2.45) is 0 Å². The van der Waals surface area contributed by atoms with Crippen LogP contribution < -0.4 is 16.0 Å². The summed E-state index contributed by atoms with van der Waals surface area (Å²) in [4.78, 5) is 24.2. The molecule has 0 saturated heterocycles. The number of carbonyl (C=O) groups excluding carboxylic acids is 2. The second kappa shape index (κ2) is 9.10. The zero-order chi connectivity index (χ0) is 19.9. The average Bonchev–Trinajstić information content (AvgIpc) is 3.22. The molecule has 3 rings (SSSR count). The molecular formula is C21H20ClN3O3. The molecule has 144 valence electrons. The number of amides is 3. The van der Waals surface area contributed by atoms with E-state index in [0.29, 0.717) is 17.3 Å². The molecule has 28 heavy (non-hydrogen) atoms. The maximum atomic E-state index is 12.2. The molecule has 0 fully saturated rings. The molecule has 7 heteroatoms. The molecule has 1 atom stereocenters. The Kier molecular flexibility index (Phi) is 6.34. The summed E-state index contributed by atoms with van der Waals surface area (Å²) in [5.74, 6) is -0.0962. The Morgan fingerprint density at radius 3 is 2.64 bits per heavy atom. The van der Waals surface area contributed by atoms with Gasteiger partial charge in [-0.1, -0.05) is 35.9 Å². The summed E-state index contributed by atoms with van der Waals surface area (Å²) in [5.41, 5.74) is 2.39. The summed E-state index contributed by atoms with van der Waals surface area (Å²) < 4.78 is 5.07. The van der Waals surface area contributed by atoms with Crippen molar-refractivity contribution in [2.75, 3.05) is 5.32 Å². The Hall–Kier alpha value is -3.25. The summed E-state index contributed by atoms with van der Waals surface area (Å²) in [7, 11) is 0. The van der Waals surface area contributed by atoms with Gasteiger partial charge in [-0.15, -0.1) is 0 Å². The van der Waals surface area contributed by atoms with Crippen LogP contribution in [0.15, 0.2) is 71.3 Å². The highest BCUT2D eigenvalue weighted by Crippen LogP contribution is 2.17. The number of urea groups is 1. The van der Waals surface area contributed by atoms with E-state index in [2.05, 4.69) is 16.0 Å². The molecule has 0 saturated carbocycles. The third kappa shape index (κ3) is 5.37. The number of hydrogen-bond donors (Lipinski definition) is 3. The quantitative estimate of drug-likeness (QED) is 0.561. The molecular weight excluding hydrogens is 378 g/mol. The Morgan fingerprint density at radius 2 is 1.89 bits per heavy atom. The highest BCUT2D eigenvalue weighted by molar-refractivity contribution is 6.30. The van der Waals surface area contributed by atoms with E-state index in [1.807, 2.05) is 31.2 Å². The van der Waals surface area contributed by atoms with E-state index in [1.54, 1.807) is 36.4 Å². The first-order valence-electron chi connectivity index (χ1n) is 8.75. The molecule has 3 aromatic rings. The molecule has 0 aliphatic carbocycles. The van der Waals surface area contributed by atoms with Gasteiger partial charge in [-0.05, 0) is 54.4 Å². The molecule has 1 aromatic heterocycles. The van der Waals surface area contributed by atoms with Gasteiger partial charge in [0.05, 0.1) is 12.3 Å². The third-order valence-electron chi connectivity index (χ3n) is 4.08. The van der Waals surface area contributed by atoms with E-state index in [4.69, 9.17) is 16.0 Å². The van der Waals surface area contributed by atoms with Crippen LogP contribution in [0.25, 0.3) is 0 Å². The Bertz CT molecular complexity index is 957. The highest BCUT2D eigenvalue weighted by Gasteiger charge is 2.11. The smallest absolute Gasteiger partial charge is 0.315 e. The van der Waals surface area contributed by atoms with Gasteiger partial charge in [0.2, 0.25) is 0 Å². The number of nitrogens with one attached hydrogen (secondary N) is 3. The highest BCUT2D eigenvalue weighted by atomic mass is 35.5. The maximum absolute atomic E-state index is 12.2. The fourth-order valence-corrected chi connectivity index (χ4v) is 2.85. The molecule has 6 nitrogen and oxygen atoms in total. The molecule has 0 aliphatic heterocycles. The van der Waals surface area contributed by atoms with Crippen molar-refractivity contribution in [3.63, 3.8) is 0 Å². The van der Waals surface area contributed by atoms with E-state index < -0.39 is 0 Å². The minimum atomic E-state index is -0.330. The normalized spacial score (nSPS) is 11.5. The van der Waals surface area contributed by atoms with Crippen molar-refractivity contribution >= 4 is 29.2 Å². The Morgan fingerprint density at radius 1 is 1.07 bits per heavy atom. The fourth-order valence-electron chi connectivity index (χ4n) is 2.65. The number of hydrogen-bond acceptors (Lipinski definition) is 3. The van der Waals surface area contributed by atoms with Gasteiger partial charge in [-0.3, -0.25) is 4.79 Å². The van der Waals surface area contributed by atoms with Crippen LogP contribution in [-0.4, -0.2) is 11.9 Å². The minimum absolute atomic E-state index is 0.183. The molecule has 3 amide bonds. The minimum Gasteiger partial charge on any atom is -0.459 e. The topological polar surface area (TPSA) is 83.4 Å². The van der Waals surface area contributed by atoms with E-state index in [0.717, 1.165) is 11.1 Å². The second-order valence-electron chi connectivity index (χ2n) is 6.24. The van der Waals surface area contributed by atoms with Crippen molar-refractivity contribution in [1.29, 1.82) is 0 Å². The second-order valence-corrected chi connectivity index (χ2v) is 6.67. The summed E-state index contributed by atoms with van der Waals surface area (Å²) in [5, 5.41) is 9.06. The van der Waals surface area contributed by atoms with Gasteiger partial charge in [0.15, 0.2) is 5.76 Å². The van der Waals surface area contributed by atoms with E-state index in [9.17, 15) is 9.59 Å². The molecule has 1 heterocycles. The zero-order valence-electron chi connectivity index (χ0n) is 15.2. The summed E-state index contributed by atoms with van der Waals surface area (Å²) in [6.07, 6.45) is 1.44. The summed E-state index contributed by atoms with van der Waals surface area (Å²) in [6.45, 7) is 2.20. The van der Waals surface area contributed by atoms with Crippen LogP contribution >= 0.6 is 11.6 Å². The number of furan rings is 1. The molecule has 0 bridgehead atoms. The predicted molar refractivity (Wildman–Crippen MR) is 108 cm³/mol. The number of anilines is 1. The van der Waals surface area contributed by atoms with Crippen LogP contribution in [0.1, 0.15) is 34.6 Å². The van der Waals surface area contributed by atoms with Gasteiger partial charge in [0.25, 0.3) is 5.91 Å². The van der Waals surface area contributed by atoms with Gasteiger partial charge < -0.3 is 20.4 Å². The van der Waals surface area contributed by atoms with Gasteiger partial charge in [0, 0.05) is 17.3 Å². The lowest BCUT2D eigenvalue weighted by molar-refractivity contribution is 0.0996. The first kappa shape index (κ1) is 19.5. The van der Waals surface area contributed by atoms with Crippen LogP contribution in [0.3, 0.4) is 0 Å². The van der Waals surface area contributed by atoms with E-state index >= 15 is 0 Å². The third-order valence-corrected chi connectivity index (χ3v) is 4.31. The maximum Gasteiger partial charge on any atom is 0.315 e. The van der Waals surface area contributed by atoms with Crippen LogP contribution in [0, 0.1) is 0 Å². The van der Waals surface area contributed by atoms with Crippen LogP contribution in [0.5, 0.6) is 0 Å². The molecule has 0 aliphatic rings. The largest absolute Gasteiger partial charge is 0.459 e. The van der Waals surface area contributed by atoms with Crippen molar-refractivity contribution in [3.8, 4) is 0 Å². The van der Waals surface area contributed by atoms with Crippen molar-refractivity contribution in [1.82, 2.24) is 10.6 Å². The molecule has 0 spiro atoms. The molecule has 2 aromatic carbocycles. The monoisotopic (exact) mass is 397 g/mol. The average molecular weight is 398 g/mol. The lowest BCUT2D eigenvalue weighted by Crippen LogP contribution is -2.36. The van der Waals surface area contributed by atoms with Gasteiger partial charge in [-0.2, -0.15) is 0 Å². The first-order chi connectivity index (χ1) is 13.5. The zero-order valence-corrected chi connectivity index (χ0v) is 16.0. The lowest BCUT2D eigenvalue weighted by Gasteiger charge is -2.15. The Labute approximate surface area is 167 Å². The standard InChI is InChI=1S/C21H20ClN3O3/c1-14(16-6-3-7-17(22)12-16)24-21(27)23-13-15-5-2-8-18(11-15)25-20(26)19-9-4-10-28-19/h2-12,14H,13H2,1H3,(H,25,26)(H2,23,24,27).